The van der Waals surface area contributed by atoms with Crippen molar-refractivity contribution in [3.63, 3.8) is 0 Å². The molecule has 0 spiro atoms. The van der Waals surface area contributed by atoms with E-state index in [2.05, 4.69) is 20.4 Å². The Morgan fingerprint density at radius 1 is 1.35 bits per heavy atom. The van der Waals surface area contributed by atoms with Gasteiger partial charge in [0.15, 0.2) is 5.82 Å². The summed E-state index contributed by atoms with van der Waals surface area (Å²) in [5, 5.41) is 7.05. The van der Waals surface area contributed by atoms with Crippen LogP contribution in [0.15, 0.2) is 22.9 Å². The summed E-state index contributed by atoms with van der Waals surface area (Å²) >= 11 is 0. The number of hydrogen-bond donors (Lipinski definition) is 1. The van der Waals surface area contributed by atoms with E-state index in [4.69, 9.17) is 14.0 Å². The second-order valence-electron chi connectivity index (χ2n) is 6.63. The molecule has 0 radical (unpaired) electrons. The number of carbonyl (C=O) groups is 1. The van der Waals surface area contributed by atoms with Crippen LogP contribution in [0.2, 0.25) is 0 Å². The molecule has 3 heterocycles. The van der Waals surface area contributed by atoms with Gasteiger partial charge in [-0.2, -0.15) is 4.98 Å². The predicted molar refractivity (Wildman–Crippen MR) is 92.9 cm³/mol. The highest BCUT2D eigenvalue weighted by molar-refractivity contribution is 5.92. The van der Waals surface area contributed by atoms with Crippen LogP contribution in [-0.2, 0) is 4.74 Å². The molecule has 140 valence electrons. The molecular weight excluding hydrogens is 336 g/mol. The summed E-state index contributed by atoms with van der Waals surface area (Å²) in [5.41, 5.74) is 0.282. The van der Waals surface area contributed by atoms with Crippen molar-refractivity contribution in [2.75, 3.05) is 20.3 Å². The lowest BCUT2D eigenvalue weighted by Crippen LogP contribution is -2.36. The molecule has 1 fully saturated rings. The number of nitrogens with one attached hydrogen (secondary N) is 1. The summed E-state index contributed by atoms with van der Waals surface area (Å²) < 4.78 is 16.1. The number of amides is 1. The number of rotatable bonds is 6. The van der Waals surface area contributed by atoms with Crippen LogP contribution in [0.1, 0.15) is 60.9 Å². The minimum absolute atomic E-state index is 0.151. The third-order valence-electron chi connectivity index (χ3n) is 4.46. The molecule has 1 aliphatic rings. The first-order chi connectivity index (χ1) is 12.6. The summed E-state index contributed by atoms with van der Waals surface area (Å²) in [4.78, 5) is 21.3. The van der Waals surface area contributed by atoms with E-state index < -0.39 is 0 Å². The molecule has 26 heavy (non-hydrogen) atoms. The third kappa shape index (κ3) is 4.19. The Labute approximate surface area is 152 Å². The number of carbonyl (C=O) groups excluding carboxylic acids is 1. The van der Waals surface area contributed by atoms with Crippen molar-refractivity contribution in [3.8, 4) is 5.75 Å². The first-order valence-electron chi connectivity index (χ1n) is 8.80. The number of aromatic nitrogens is 3. The van der Waals surface area contributed by atoms with Gasteiger partial charge in [0.2, 0.25) is 5.89 Å². The van der Waals surface area contributed by atoms with E-state index >= 15 is 0 Å². The number of pyridine rings is 1. The van der Waals surface area contributed by atoms with Crippen molar-refractivity contribution in [3.05, 3.63) is 35.7 Å². The van der Waals surface area contributed by atoms with Gasteiger partial charge in [-0.15, -0.1) is 0 Å². The van der Waals surface area contributed by atoms with Crippen molar-refractivity contribution in [2.24, 2.45) is 5.92 Å². The van der Waals surface area contributed by atoms with E-state index in [-0.39, 0.29) is 29.5 Å². The van der Waals surface area contributed by atoms with Gasteiger partial charge in [-0.05, 0) is 24.8 Å². The summed E-state index contributed by atoms with van der Waals surface area (Å²) in [7, 11) is 1.55. The molecule has 0 bridgehead atoms. The standard InChI is InChI=1S/C18H24N4O4/c1-11(2)16-21-18(26-22-16)15(12-5-8-25-9-6-12)20-17(23)14-10-13(24-3)4-7-19-14/h4,7,10-12,15H,5-6,8-9H2,1-3H3,(H,20,23). The number of methoxy groups -OCH3 is 1. The maximum absolute atomic E-state index is 12.7. The molecule has 0 aromatic carbocycles. The Hall–Kier alpha value is -2.48. The molecule has 8 heteroatoms. The Morgan fingerprint density at radius 2 is 2.12 bits per heavy atom. The van der Waals surface area contributed by atoms with Gasteiger partial charge in [-0.3, -0.25) is 9.78 Å². The van der Waals surface area contributed by atoms with Gasteiger partial charge in [0.05, 0.1) is 7.11 Å². The van der Waals surface area contributed by atoms with Gasteiger partial charge < -0.3 is 19.3 Å². The van der Waals surface area contributed by atoms with Crippen LogP contribution in [0.25, 0.3) is 0 Å². The second kappa shape index (κ2) is 8.27. The monoisotopic (exact) mass is 360 g/mol. The molecule has 2 aromatic heterocycles. The zero-order valence-corrected chi connectivity index (χ0v) is 15.3. The van der Waals surface area contributed by atoms with Gasteiger partial charge in [-0.1, -0.05) is 19.0 Å². The molecule has 1 amide bonds. The van der Waals surface area contributed by atoms with Gasteiger partial charge in [-0.25, -0.2) is 0 Å². The Morgan fingerprint density at radius 3 is 2.77 bits per heavy atom. The van der Waals surface area contributed by atoms with E-state index in [1.807, 2.05) is 13.8 Å². The van der Waals surface area contributed by atoms with Crippen molar-refractivity contribution in [1.82, 2.24) is 20.4 Å². The van der Waals surface area contributed by atoms with Crippen molar-refractivity contribution < 1.29 is 18.8 Å². The highest BCUT2D eigenvalue weighted by atomic mass is 16.5. The van der Waals surface area contributed by atoms with Crippen LogP contribution < -0.4 is 10.1 Å². The largest absolute Gasteiger partial charge is 0.497 e. The molecule has 1 aliphatic heterocycles. The van der Waals surface area contributed by atoms with Crippen LogP contribution in [0, 0.1) is 5.92 Å². The minimum atomic E-state index is -0.376. The maximum Gasteiger partial charge on any atom is 0.270 e. The van der Waals surface area contributed by atoms with Crippen LogP contribution in [-0.4, -0.2) is 41.4 Å². The van der Waals surface area contributed by atoms with Crippen LogP contribution in [0.4, 0.5) is 0 Å². The Kier molecular flexibility index (Phi) is 5.82. The Bertz CT molecular complexity index is 740. The average Bonchev–Trinajstić information content (AvgIpc) is 3.17. The quantitative estimate of drug-likeness (QED) is 0.845. The number of hydrogen-bond acceptors (Lipinski definition) is 7. The topological polar surface area (TPSA) is 99.4 Å². The van der Waals surface area contributed by atoms with Crippen LogP contribution >= 0.6 is 0 Å². The molecule has 3 rings (SSSR count). The van der Waals surface area contributed by atoms with Crippen molar-refractivity contribution >= 4 is 5.91 Å². The van der Waals surface area contributed by atoms with E-state index in [9.17, 15) is 4.79 Å². The summed E-state index contributed by atoms with van der Waals surface area (Å²) in [5.74, 6) is 1.65. The third-order valence-corrected chi connectivity index (χ3v) is 4.46. The summed E-state index contributed by atoms with van der Waals surface area (Å²) in [6.45, 7) is 5.30. The minimum Gasteiger partial charge on any atom is -0.497 e. The number of nitrogens with zero attached hydrogens (tertiary/aromatic N) is 3. The zero-order chi connectivity index (χ0) is 18.5. The molecule has 1 atom stereocenters. The van der Waals surface area contributed by atoms with Gasteiger partial charge in [0.25, 0.3) is 5.91 Å². The molecule has 1 saturated heterocycles. The van der Waals surface area contributed by atoms with E-state index in [1.54, 1.807) is 25.4 Å². The van der Waals surface area contributed by atoms with Crippen molar-refractivity contribution in [1.29, 1.82) is 0 Å². The fourth-order valence-corrected chi connectivity index (χ4v) is 2.92. The van der Waals surface area contributed by atoms with E-state index in [0.29, 0.717) is 30.7 Å². The lowest BCUT2D eigenvalue weighted by molar-refractivity contribution is 0.0467. The average molecular weight is 360 g/mol. The van der Waals surface area contributed by atoms with E-state index in [0.717, 1.165) is 12.8 Å². The van der Waals surface area contributed by atoms with Crippen molar-refractivity contribution in [2.45, 2.75) is 38.6 Å². The molecule has 8 nitrogen and oxygen atoms in total. The molecule has 1 unspecified atom stereocenters. The zero-order valence-electron chi connectivity index (χ0n) is 15.3. The first kappa shape index (κ1) is 18.3. The molecule has 0 saturated carbocycles. The lowest BCUT2D eigenvalue weighted by Gasteiger charge is -2.28. The normalized spacial score (nSPS) is 16.5. The van der Waals surface area contributed by atoms with Crippen LogP contribution in [0.5, 0.6) is 5.75 Å². The fraction of sp³-hybridized carbons (Fsp3) is 0.556. The highest BCUT2D eigenvalue weighted by Crippen LogP contribution is 2.30. The van der Waals surface area contributed by atoms with E-state index in [1.165, 1.54) is 0 Å². The van der Waals surface area contributed by atoms with Gasteiger partial charge in [0, 0.05) is 31.4 Å². The SMILES string of the molecule is COc1ccnc(C(=O)NC(c2nc(C(C)C)no2)C2CCOCC2)c1. The summed E-state index contributed by atoms with van der Waals surface area (Å²) in [6.07, 6.45) is 3.17. The van der Waals surface area contributed by atoms with Gasteiger partial charge in [0.1, 0.15) is 17.5 Å². The first-order valence-corrected chi connectivity index (χ1v) is 8.80. The van der Waals surface area contributed by atoms with Gasteiger partial charge >= 0.3 is 0 Å². The molecular formula is C18H24N4O4. The smallest absolute Gasteiger partial charge is 0.270 e. The highest BCUT2D eigenvalue weighted by Gasteiger charge is 2.32. The summed E-state index contributed by atoms with van der Waals surface area (Å²) in [6, 6.07) is 2.92. The fourth-order valence-electron chi connectivity index (χ4n) is 2.92. The molecule has 1 N–H and O–H groups in total. The Balaban J connectivity index is 1.83. The van der Waals surface area contributed by atoms with Crippen LogP contribution in [0.3, 0.4) is 0 Å². The lowest BCUT2D eigenvalue weighted by atomic mass is 9.91. The second-order valence-corrected chi connectivity index (χ2v) is 6.63. The predicted octanol–water partition coefficient (Wildman–Crippen LogP) is 2.49. The number of ether oxygens (including phenoxy) is 2. The molecule has 0 aliphatic carbocycles. The maximum atomic E-state index is 12.7. The molecule has 2 aromatic rings.